The molecule has 2 heterocycles. The van der Waals surface area contributed by atoms with E-state index in [1.807, 2.05) is 5.38 Å². The maximum atomic E-state index is 10.5. The van der Waals surface area contributed by atoms with Crippen LogP contribution in [0.3, 0.4) is 0 Å². The van der Waals surface area contributed by atoms with Gasteiger partial charge in [0.2, 0.25) is 0 Å². The zero-order valence-corrected chi connectivity index (χ0v) is 8.98. The summed E-state index contributed by atoms with van der Waals surface area (Å²) in [7, 11) is 0. The van der Waals surface area contributed by atoms with Crippen molar-refractivity contribution in [3.05, 3.63) is 40.6 Å². The zero-order valence-electron chi connectivity index (χ0n) is 8.16. The largest absolute Gasteiger partial charge is 0.486 e. The predicted molar refractivity (Wildman–Crippen MR) is 57.6 cm³/mol. The summed E-state index contributed by atoms with van der Waals surface area (Å²) in [5.41, 5.74) is 2.57. The van der Waals surface area contributed by atoms with E-state index in [0.717, 1.165) is 5.69 Å². The molecule has 0 aliphatic heterocycles. The number of hydrogen-bond acceptors (Lipinski definition) is 5. The van der Waals surface area contributed by atoms with Gasteiger partial charge in [0.1, 0.15) is 18.1 Å². The molecule has 0 fully saturated rings. The zero-order chi connectivity index (χ0) is 11.4. The molecule has 2 aromatic rings. The van der Waals surface area contributed by atoms with Crippen molar-refractivity contribution in [1.82, 2.24) is 9.97 Å². The van der Waals surface area contributed by atoms with Gasteiger partial charge in [-0.25, -0.2) is 14.8 Å². The molecular formula is C10H8N2O3S. The molecule has 2 aromatic heterocycles. The average molecular weight is 236 g/mol. The third-order valence-corrected chi connectivity index (χ3v) is 2.46. The Morgan fingerprint density at radius 2 is 2.31 bits per heavy atom. The molecule has 0 saturated carbocycles. The molecule has 1 N–H and O–H groups in total. The van der Waals surface area contributed by atoms with Crippen LogP contribution in [0.25, 0.3) is 0 Å². The van der Waals surface area contributed by atoms with Gasteiger partial charge in [0.05, 0.1) is 17.4 Å². The molecule has 0 aliphatic carbocycles. The fourth-order valence-corrected chi connectivity index (χ4v) is 1.60. The van der Waals surface area contributed by atoms with E-state index in [-0.39, 0.29) is 5.69 Å². The Balaban J connectivity index is 1.98. The molecule has 0 aromatic carbocycles. The Hall–Kier alpha value is -1.95. The first kappa shape index (κ1) is 10.6. The molecule has 6 heteroatoms. The molecule has 2 rings (SSSR count). The van der Waals surface area contributed by atoms with Crippen molar-refractivity contribution in [3.63, 3.8) is 0 Å². The Kier molecular flexibility index (Phi) is 3.11. The van der Waals surface area contributed by atoms with Gasteiger partial charge in [-0.2, -0.15) is 0 Å². The number of ether oxygens (including phenoxy) is 1. The maximum absolute atomic E-state index is 10.5. The minimum absolute atomic E-state index is 0.000934. The van der Waals surface area contributed by atoms with Crippen LogP contribution in [0, 0.1) is 0 Å². The van der Waals surface area contributed by atoms with Gasteiger partial charge in [0, 0.05) is 5.38 Å². The van der Waals surface area contributed by atoms with Crippen LogP contribution < -0.4 is 4.74 Å². The molecule has 0 spiro atoms. The third kappa shape index (κ3) is 2.54. The second-order valence-corrected chi connectivity index (χ2v) is 3.67. The Bertz CT molecular complexity index is 467. The number of nitrogens with zero attached hydrogens (tertiary/aromatic N) is 2. The molecule has 0 radical (unpaired) electrons. The van der Waals surface area contributed by atoms with Gasteiger partial charge in [-0.1, -0.05) is 0 Å². The quantitative estimate of drug-likeness (QED) is 0.876. The van der Waals surface area contributed by atoms with E-state index in [0.29, 0.717) is 12.4 Å². The van der Waals surface area contributed by atoms with E-state index in [2.05, 4.69) is 9.97 Å². The van der Waals surface area contributed by atoms with E-state index in [9.17, 15) is 4.79 Å². The highest BCUT2D eigenvalue weighted by atomic mass is 32.1. The van der Waals surface area contributed by atoms with Crippen LogP contribution in [0.4, 0.5) is 0 Å². The summed E-state index contributed by atoms with van der Waals surface area (Å²) in [6.45, 7) is 0.359. The number of carbonyl (C=O) groups is 1. The van der Waals surface area contributed by atoms with Crippen LogP contribution in [-0.4, -0.2) is 21.0 Å². The topological polar surface area (TPSA) is 72.3 Å². The lowest BCUT2D eigenvalue weighted by molar-refractivity contribution is 0.0690. The number of carboxylic acid groups (broad SMARTS) is 1. The number of hydrogen-bond donors (Lipinski definition) is 1. The summed E-state index contributed by atoms with van der Waals surface area (Å²) >= 11 is 1.50. The highest BCUT2D eigenvalue weighted by Gasteiger charge is 2.04. The van der Waals surface area contributed by atoms with Crippen LogP contribution in [0.2, 0.25) is 0 Å². The summed E-state index contributed by atoms with van der Waals surface area (Å²) in [4.78, 5) is 18.3. The minimum atomic E-state index is -1.05. The lowest BCUT2D eigenvalue weighted by atomic mass is 10.3. The monoisotopic (exact) mass is 236 g/mol. The van der Waals surface area contributed by atoms with E-state index >= 15 is 0 Å². The fourth-order valence-electron chi connectivity index (χ4n) is 1.06. The SMILES string of the molecule is O=C(O)c1ccc(OCc2cscn2)cn1. The standard InChI is InChI=1S/C10H8N2O3S/c13-10(14)9-2-1-8(3-11-9)15-4-7-5-16-6-12-7/h1-3,5-6H,4H2,(H,13,14). The smallest absolute Gasteiger partial charge is 0.354 e. The van der Waals surface area contributed by atoms with E-state index in [1.54, 1.807) is 11.6 Å². The molecule has 0 unspecified atom stereocenters. The molecular weight excluding hydrogens is 228 g/mol. The van der Waals surface area contributed by atoms with Crippen molar-refractivity contribution < 1.29 is 14.6 Å². The van der Waals surface area contributed by atoms with E-state index in [4.69, 9.17) is 9.84 Å². The normalized spacial score (nSPS) is 10.0. The van der Waals surface area contributed by atoms with Crippen LogP contribution in [0.1, 0.15) is 16.2 Å². The van der Waals surface area contributed by atoms with Crippen LogP contribution in [0.5, 0.6) is 5.75 Å². The number of rotatable bonds is 4. The third-order valence-electron chi connectivity index (χ3n) is 1.83. The summed E-state index contributed by atoms with van der Waals surface area (Å²) in [5, 5.41) is 10.5. The summed E-state index contributed by atoms with van der Waals surface area (Å²) in [5.74, 6) is -0.524. The molecule has 16 heavy (non-hydrogen) atoms. The molecule has 5 nitrogen and oxygen atoms in total. The molecule has 0 aliphatic rings. The lowest BCUT2D eigenvalue weighted by Gasteiger charge is -2.03. The van der Waals surface area contributed by atoms with Gasteiger partial charge < -0.3 is 9.84 Å². The molecule has 0 saturated heterocycles. The van der Waals surface area contributed by atoms with Crippen molar-refractivity contribution in [1.29, 1.82) is 0 Å². The van der Waals surface area contributed by atoms with Gasteiger partial charge in [-0.05, 0) is 12.1 Å². The van der Waals surface area contributed by atoms with Crippen molar-refractivity contribution in [2.45, 2.75) is 6.61 Å². The van der Waals surface area contributed by atoms with Crippen LogP contribution in [-0.2, 0) is 6.61 Å². The first-order valence-corrected chi connectivity index (χ1v) is 5.39. The van der Waals surface area contributed by atoms with Gasteiger partial charge in [-0.15, -0.1) is 11.3 Å². The summed E-state index contributed by atoms with van der Waals surface area (Å²) in [6, 6.07) is 2.97. The van der Waals surface area contributed by atoms with Crippen molar-refractivity contribution in [3.8, 4) is 5.75 Å². The average Bonchev–Trinajstić information content (AvgIpc) is 2.80. The van der Waals surface area contributed by atoms with Crippen molar-refractivity contribution in [2.24, 2.45) is 0 Å². The fraction of sp³-hybridized carbons (Fsp3) is 0.100. The van der Waals surface area contributed by atoms with Crippen LogP contribution in [0.15, 0.2) is 29.2 Å². The number of aromatic nitrogens is 2. The van der Waals surface area contributed by atoms with Crippen molar-refractivity contribution >= 4 is 17.3 Å². The van der Waals surface area contributed by atoms with E-state index < -0.39 is 5.97 Å². The Labute approximate surface area is 95.4 Å². The molecule has 0 bridgehead atoms. The second-order valence-electron chi connectivity index (χ2n) is 2.95. The summed E-state index contributed by atoms with van der Waals surface area (Å²) in [6.07, 6.45) is 1.38. The van der Waals surface area contributed by atoms with E-state index in [1.165, 1.54) is 23.6 Å². The first-order chi connectivity index (χ1) is 7.75. The highest BCUT2D eigenvalue weighted by molar-refractivity contribution is 7.07. The minimum Gasteiger partial charge on any atom is -0.486 e. The number of aromatic carboxylic acids is 1. The van der Waals surface area contributed by atoms with Gasteiger partial charge in [-0.3, -0.25) is 0 Å². The molecule has 0 atom stereocenters. The number of thiazole rings is 1. The van der Waals surface area contributed by atoms with Gasteiger partial charge in [0.15, 0.2) is 0 Å². The first-order valence-electron chi connectivity index (χ1n) is 4.45. The molecule has 0 amide bonds. The Morgan fingerprint density at radius 1 is 1.44 bits per heavy atom. The van der Waals surface area contributed by atoms with Gasteiger partial charge in [0.25, 0.3) is 0 Å². The maximum Gasteiger partial charge on any atom is 0.354 e. The van der Waals surface area contributed by atoms with Crippen molar-refractivity contribution in [2.75, 3.05) is 0 Å². The highest BCUT2D eigenvalue weighted by Crippen LogP contribution is 2.11. The number of carboxylic acids is 1. The number of pyridine rings is 1. The summed E-state index contributed by atoms with van der Waals surface area (Å²) < 4.78 is 5.37. The predicted octanol–water partition coefficient (Wildman–Crippen LogP) is 1.82. The Morgan fingerprint density at radius 3 is 2.88 bits per heavy atom. The lowest BCUT2D eigenvalue weighted by Crippen LogP contribution is -2.01. The second kappa shape index (κ2) is 4.71. The van der Waals surface area contributed by atoms with Crippen LogP contribution >= 0.6 is 11.3 Å². The molecule has 82 valence electrons. The van der Waals surface area contributed by atoms with Gasteiger partial charge >= 0.3 is 5.97 Å².